The number of amides is 2. The highest BCUT2D eigenvalue weighted by Gasteiger charge is 2.27. The Labute approximate surface area is 157 Å². The van der Waals surface area contributed by atoms with E-state index in [0.29, 0.717) is 42.3 Å². The van der Waals surface area contributed by atoms with E-state index in [1.807, 2.05) is 6.92 Å². The highest BCUT2D eigenvalue weighted by atomic mass is 32.2. The van der Waals surface area contributed by atoms with Gasteiger partial charge in [-0.25, -0.2) is 4.21 Å². The molecule has 2 aromatic heterocycles. The van der Waals surface area contributed by atoms with E-state index in [-0.39, 0.29) is 12.3 Å². The molecule has 0 aliphatic carbocycles. The lowest BCUT2D eigenvalue weighted by atomic mass is 10.2. The van der Waals surface area contributed by atoms with Crippen molar-refractivity contribution < 1.29 is 18.3 Å². The predicted molar refractivity (Wildman–Crippen MR) is 97.1 cm³/mol. The maximum Gasteiger partial charge on any atom is 0.260 e. The van der Waals surface area contributed by atoms with Crippen LogP contribution in [0.3, 0.4) is 0 Å². The lowest BCUT2D eigenvalue weighted by Crippen LogP contribution is -2.38. The van der Waals surface area contributed by atoms with E-state index in [1.165, 1.54) is 18.7 Å². The van der Waals surface area contributed by atoms with Crippen molar-refractivity contribution in [1.82, 2.24) is 19.8 Å². The quantitative estimate of drug-likeness (QED) is 0.737. The van der Waals surface area contributed by atoms with E-state index in [2.05, 4.69) is 19.1 Å². The number of aromatic nitrogens is 3. The normalized spacial score (nSPS) is 15.9. The standard InChI is InChI=1S/C17H23N5O4S/c1-3-4-5-17(24)21-7-8-22-14(12-21)15(11-18-22)27(2,25)20-16(23)10-13-6-9-26-19-13/h6,9,11H,3-5,7-8,10,12H2,1-2H3. The smallest absolute Gasteiger partial charge is 0.260 e. The molecule has 1 aliphatic rings. The van der Waals surface area contributed by atoms with E-state index in [1.54, 1.807) is 15.6 Å². The lowest BCUT2D eigenvalue weighted by Gasteiger charge is -2.28. The number of hydrogen-bond acceptors (Lipinski definition) is 6. The van der Waals surface area contributed by atoms with E-state index >= 15 is 0 Å². The van der Waals surface area contributed by atoms with Crippen molar-refractivity contribution in [3.05, 3.63) is 29.9 Å². The van der Waals surface area contributed by atoms with Crippen LogP contribution in [0.4, 0.5) is 0 Å². The Bertz CT molecular complexity index is 941. The number of hydrogen-bond donors (Lipinski definition) is 0. The van der Waals surface area contributed by atoms with Gasteiger partial charge in [0, 0.05) is 25.3 Å². The fourth-order valence-corrected chi connectivity index (χ4v) is 4.40. The van der Waals surface area contributed by atoms with Gasteiger partial charge in [-0.3, -0.25) is 14.3 Å². The molecule has 2 amide bonds. The Morgan fingerprint density at radius 2 is 2.19 bits per heavy atom. The van der Waals surface area contributed by atoms with Gasteiger partial charge >= 0.3 is 0 Å². The third-order valence-corrected chi connectivity index (χ3v) is 6.15. The Balaban J connectivity index is 1.81. The van der Waals surface area contributed by atoms with Crippen LogP contribution < -0.4 is 0 Å². The second-order valence-corrected chi connectivity index (χ2v) is 8.78. The summed E-state index contributed by atoms with van der Waals surface area (Å²) in [5.74, 6) is -0.458. The van der Waals surface area contributed by atoms with Gasteiger partial charge in [0.05, 0.1) is 51.7 Å². The van der Waals surface area contributed by atoms with Crippen LogP contribution in [0, 0.1) is 0 Å². The molecular weight excluding hydrogens is 370 g/mol. The molecule has 10 heteroatoms. The summed E-state index contributed by atoms with van der Waals surface area (Å²) in [5, 5.41) is 7.93. The number of carbonyl (C=O) groups excluding carboxylic acids is 2. The fourth-order valence-electron chi connectivity index (χ4n) is 3.00. The largest absolute Gasteiger partial charge is 0.364 e. The molecule has 0 spiro atoms. The molecular formula is C17H23N5O4S. The van der Waals surface area contributed by atoms with Crippen LogP contribution in [-0.4, -0.2) is 48.7 Å². The Morgan fingerprint density at radius 1 is 1.37 bits per heavy atom. The zero-order chi connectivity index (χ0) is 19.4. The van der Waals surface area contributed by atoms with Gasteiger partial charge in [-0.2, -0.15) is 9.46 Å². The number of rotatable bonds is 6. The molecule has 0 saturated carbocycles. The molecule has 1 aliphatic heterocycles. The van der Waals surface area contributed by atoms with Crippen LogP contribution in [0.1, 0.15) is 37.6 Å². The highest BCUT2D eigenvalue weighted by Crippen LogP contribution is 2.23. The van der Waals surface area contributed by atoms with Crippen LogP contribution >= 0.6 is 0 Å². The minimum Gasteiger partial charge on any atom is -0.364 e. The minimum absolute atomic E-state index is 0.0770. The van der Waals surface area contributed by atoms with Crippen LogP contribution in [0.2, 0.25) is 0 Å². The van der Waals surface area contributed by atoms with Gasteiger partial charge in [-0.05, 0) is 6.42 Å². The molecule has 0 radical (unpaired) electrons. The molecule has 3 rings (SSSR count). The summed E-state index contributed by atoms with van der Waals surface area (Å²) in [6, 6.07) is 1.56. The average molecular weight is 393 g/mol. The number of nitrogens with zero attached hydrogens (tertiary/aromatic N) is 5. The SMILES string of the molecule is CCCCC(=O)N1CCn2ncc(S(C)(=O)=NC(=O)Cc3ccon3)c2C1. The molecule has 3 heterocycles. The zero-order valence-corrected chi connectivity index (χ0v) is 16.3. The summed E-state index contributed by atoms with van der Waals surface area (Å²) in [5.41, 5.74) is 1.11. The first-order valence-electron chi connectivity index (χ1n) is 8.87. The Hall–Kier alpha value is -2.49. The van der Waals surface area contributed by atoms with Crippen molar-refractivity contribution in [3.63, 3.8) is 0 Å². The summed E-state index contributed by atoms with van der Waals surface area (Å²) in [6.45, 7) is 3.48. The molecule has 2 aromatic rings. The number of carbonyl (C=O) groups is 2. The maximum absolute atomic E-state index is 13.1. The van der Waals surface area contributed by atoms with Crippen molar-refractivity contribution in [3.8, 4) is 0 Å². The molecule has 0 N–H and O–H groups in total. The van der Waals surface area contributed by atoms with Crippen LogP contribution in [-0.2, 0) is 38.8 Å². The third kappa shape index (κ3) is 4.44. The molecule has 146 valence electrons. The highest BCUT2D eigenvalue weighted by molar-refractivity contribution is 7.93. The van der Waals surface area contributed by atoms with Gasteiger partial charge in [-0.15, -0.1) is 0 Å². The Kier molecular flexibility index (Phi) is 5.73. The van der Waals surface area contributed by atoms with Crippen molar-refractivity contribution in [2.75, 3.05) is 12.8 Å². The molecule has 1 unspecified atom stereocenters. The molecule has 9 nitrogen and oxygen atoms in total. The zero-order valence-electron chi connectivity index (χ0n) is 15.5. The van der Waals surface area contributed by atoms with Crippen molar-refractivity contribution in [2.45, 2.75) is 50.6 Å². The summed E-state index contributed by atoms with van der Waals surface area (Å²) in [6.07, 6.45) is 6.50. The van der Waals surface area contributed by atoms with E-state index in [4.69, 9.17) is 0 Å². The van der Waals surface area contributed by atoms with Gasteiger partial charge in [0.15, 0.2) is 0 Å². The maximum atomic E-state index is 13.1. The van der Waals surface area contributed by atoms with E-state index in [9.17, 15) is 13.8 Å². The first kappa shape index (κ1) is 19.3. The second-order valence-electron chi connectivity index (χ2n) is 6.55. The minimum atomic E-state index is -2.98. The van der Waals surface area contributed by atoms with Crippen molar-refractivity contribution >= 4 is 21.5 Å². The van der Waals surface area contributed by atoms with Gasteiger partial charge in [0.25, 0.3) is 5.91 Å². The topological polar surface area (TPSA) is 111 Å². The molecule has 27 heavy (non-hydrogen) atoms. The number of fused-ring (bicyclic) bond motifs is 1. The summed E-state index contributed by atoms with van der Waals surface area (Å²) < 4.78 is 23.4. The summed E-state index contributed by atoms with van der Waals surface area (Å²) in [7, 11) is -2.98. The average Bonchev–Trinajstić information content (AvgIpc) is 3.27. The van der Waals surface area contributed by atoms with E-state index in [0.717, 1.165) is 12.8 Å². The lowest BCUT2D eigenvalue weighted by molar-refractivity contribution is -0.132. The van der Waals surface area contributed by atoms with Gasteiger partial charge in [0.2, 0.25) is 5.91 Å². The third-order valence-electron chi connectivity index (χ3n) is 4.44. The van der Waals surface area contributed by atoms with Gasteiger partial charge in [0.1, 0.15) is 6.26 Å². The summed E-state index contributed by atoms with van der Waals surface area (Å²) >= 11 is 0. The molecule has 1 atom stereocenters. The van der Waals surface area contributed by atoms with Crippen molar-refractivity contribution in [2.24, 2.45) is 4.36 Å². The fraction of sp³-hybridized carbons (Fsp3) is 0.529. The second kappa shape index (κ2) is 8.03. The van der Waals surface area contributed by atoms with Crippen LogP contribution in [0.25, 0.3) is 0 Å². The Morgan fingerprint density at radius 3 is 2.89 bits per heavy atom. The van der Waals surface area contributed by atoms with Gasteiger partial charge in [-0.1, -0.05) is 18.5 Å². The monoisotopic (exact) mass is 393 g/mol. The number of unbranched alkanes of at least 4 members (excludes halogenated alkanes) is 1. The van der Waals surface area contributed by atoms with Crippen LogP contribution in [0.15, 0.2) is 32.3 Å². The molecule has 0 fully saturated rings. The molecule has 0 aromatic carbocycles. The van der Waals surface area contributed by atoms with Gasteiger partial charge < -0.3 is 9.42 Å². The first-order valence-corrected chi connectivity index (χ1v) is 10.8. The molecule has 0 saturated heterocycles. The van der Waals surface area contributed by atoms with Crippen molar-refractivity contribution in [1.29, 1.82) is 0 Å². The first-order chi connectivity index (χ1) is 12.9. The van der Waals surface area contributed by atoms with Crippen LogP contribution in [0.5, 0.6) is 0 Å². The van der Waals surface area contributed by atoms with E-state index < -0.39 is 15.6 Å². The summed E-state index contributed by atoms with van der Waals surface area (Å²) in [4.78, 5) is 26.7. The predicted octanol–water partition coefficient (Wildman–Crippen LogP) is 1.63. The molecule has 0 bridgehead atoms.